The average molecular weight is 538 g/mol. The van der Waals surface area contributed by atoms with Gasteiger partial charge in [0.05, 0.1) is 19.8 Å². The van der Waals surface area contributed by atoms with Gasteiger partial charge in [-0.15, -0.1) is 11.8 Å². The first kappa shape index (κ1) is 33.2. The number of hydroxylamine groups is 2. The summed E-state index contributed by atoms with van der Waals surface area (Å²) in [6.07, 6.45) is 17.0. The molecule has 0 aliphatic heterocycles. The number of likely N-dealkylation sites (N-methyl/N-ethyl adjacent to an activating group) is 1. The van der Waals surface area contributed by atoms with Gasteiger partial charge in [0.1, 0.15) is 11.5 Å². The zero-order valence-corrected chi connectivity index (χ0v) is 23.9. The van der Waals surface area contributed by atoms with Crippen molar-refractivity contribution in [1.29, 1.82) is 0 Å². The van der Waals surface area contributed by atoms with Crippen LogP contribution >= 0.6 is 11.8 Å². The van der Waals surface area contributed by atoms with Crippen molar-refractivity contribution in [2.75, 3.05) is 19.4 Å². The molecule has 3 atom stereocenters. The Kier molecular flexibility index (Phi) is 18.0. The van der Waals surface area contributed by atoms with Crippen molar-refractivity contribution in [3.63, 3.8) is 0 Å². The van der Waals surface area contributed by atoms with Gasteiger partial charge in [0.2, 0.25) is 0 Å². The van der Waals surface area contributed by atoms with Crippen LogP contribution < -0.4 is 5.06 Å². The maximum atomic E-state index is 12.1. The highest BCUT2D eigenvalue weighted by atomic mass is 32.2. The molecule has 1 rings (SSSR count). The van der Waals surface area contributed by atoms with Crippen LogP contribution in [0.4, 0.5) is 0 Å². The number of aliphatic hydroxyl groups is 1. The zero-order valence-electron chi connectivity index (χ0n) is 23.1. The molecular weight excluding hydrogens is 490 g/mol. The molecule has 0 aromatic heterocycles. The minimum Gasteiger partial charge on any atom is -0.629 e. The van der Waals surface area contributed by atoms with Crippen molar-refractivity contribution in [1.82, 2.24) is 0 Å². The van der Waals surface area contributed by atoms with Crippen LogP contribution in [-0.2, 0) is 19.1 Å². The van der Waals surface area contributed by atoms with Gasteiger partial charge in [-0.1, -0.05) is 38.5 Å². The number of rotatable bonds is 19. The molecule has 0 amide bonds. The van der Waals surface area contributed by atoms with E-state index in [-0.39, 0.29) is 22.9 Å². The molecule has 0 saturated carbocycles. The van der Waals surface area contributed by atoms with E-state index >= 15 is 0 Å². The molecule has 0 radical (unpaired) electrons. The summed E-state index contributed by atoms with van der Waals surface area (Å²) in [4.78, 5) is 24.5. The first-order valence-electron chi connectivity index (χ1n) is 13.8. The number of thioether (sulfide) groups is 1. The fourth-order valence-electron chi connectivity index (χ4n) is 3.98. The summed E-state index contributed by atoms with van der Waals surface area (Å²) in [5, 5.41) is 22.6. The SMILES string of the molecule is CC/C=C(\C=C/CCC(O)/C=C/[C@H]1CCC(OC(=O)CCC)=C1SCCCCCC(=O)OC)[NH+]([O-])CC. The molecule has 0 bridgehead atoms. The van der Waals surface area contributed by atoms with Crippen LogP contribution in [-0.4, -0.2) is 42.6 Å². The summed E-state index contributed by atoms with van der Waals surface area (Å²) in [6, 6.07) is 0. The molecule has 8 heteroatoms. The largest absolute Gasteiger partial charge is 0.629 e. The van der Waals surface area contributed by atoms with Crippen molar-refractivity contribution in [2.45, 2.75) is 97.5 Å². The highest BCUT2D eigenvalue weighted by Gasteiger charge is 2.27. The van der Waals surface area contributed by atoms with Gasteiger partial charge < -0.3 is 24.9 Å². The third kappa shape index (κ3) is 14.0. The average Bonchev–Trinajstić information content (AvgIpc) is 3.26. The monoisotopic (exact) mass is 537 g/mol. The van der Waals surface area contributed by atoms with E-state index in [9.17, 15) is 19.9 Å². The maximum Gasteiger partial charge on any atom is 0.310 e. The number of aliphatic hydroxyl groups excluding tert-OH is 1. The molecule has 2 N–H and O–H groups in total. The number of hydrogen-bond acceptors (Lipinski definition) is 7. The Hall–Kier alpha value is -1.87. The second kappa shape index (κ2) is 20.1. The fourth-order valence-corrected chi connectivity index (χ4v) is 5.26. The van der Waals surface area contributed by atoms with Gasteiger partial charge in [0, 0.05) is 30.1 Å². The third-order valence-corrected chi connectivity index (χ3v) is 7.39. The Morgan fingerprint density at radius 2 is 1.97 bits per heavy atom. The van der Waals surface area contributed by atoms with Crippen LogP contribution in [0.1, 0.15) is 91.4 Å². The van der Waals surface area contributed by atoms with E-state index in [4.69, 9.17) is 4.74 Å². The van der Waals surface area contributed by atoms with Gasteiger partial charge in [-0.3, -0.25) is 9.59 Å². The number of unbranched alkanes of at least 4 members (excludes halogenated alkanes) is 2. The maximum absolute atomic E-state index is 12.1. The van der Waals surface area contributed by atoms with Crippen molar-refractivity contribution >= 4 is 23.7 Å². The van der Waals surface area contributed by atoms with Gasteiger partial charge in [-0.25, -0.2) is 0 Å². The van der Waals surface area contributed by atoms with E-state index in [1.807, 2.05) is 51.2 Å². The number of methoxy groups -OCH3 is 1. The minimum absolute atomic E-state index is 0.121. The van der Waals surface area contributed by atoms with Crippen molar-refractivity contribution in [3.8, 4) is 0 Å². The molecule has 0 aromatic carbocycles. The lowest BCUT2D eigenvalue weighted by atomic mass is 10.1. The van der Waals surface area contributed by atoms with E-state index in [0.29, 0.717) is 38.6 Å². The Morgan fingerprint density at radius 1 is 1.19 bits per heavy atom. The summed E-state index contributed by atoms with van der Waals surface area (Å²) in [6.45, 7) is 6.31. The lowest BCUT2D eigenvalue weighted by molar-refractivity contribution is -0.800. The smallest absolute Gasteiger partial charge is 0.310 e. The Labute approximate surface area is 227 Å². The third-order valence-electron chi connectivity index (χ3n) is 6.05. The number of carbonyl (C=O) groups excluding carboxylic acids is 2. The minimum atomic E-state index is -0.582. The first-order valence-corrected chi connectivity index (χ1v) is 14.7. The molecule has 0 saturated heterocycles. The number of nitrogens with one attached hydrogen (secondary N) is 1. The van der Waals surface area contributed by atoms with Crippen LogP contribution in [0.15, 0.2) is 46.7 Å². The number of allylic oxidation sites excluding steroid dienone is 6. The summed E-state index contributed by atoms with van der Waals surface area (Å²) in [5.41, 5.74) is 0.739. The number of esters is 2. The van der Waals surface area contributed by atoms with Gasteiger partial charge in [0.15, 0.2) is 0 Å². The highest BCUT2D eigenvalue weighted by Crippen LogP contribution is 2.41. The molecule has 1 aliphatic carbocycles. The number of quaternary nitrogens is 1. The number of carbonyl (C=O) groups is 2. The molecule has 0 spiro atoms. The quantitative estimate of drug-likeness (QED) is 0.0751. The summed E-state index contributed by atoms with van der Waals surface area (Å²) >= 11 is 1.71. The topological polar surface area (TPSA) is 100 Å². The van der Waals surface area contributed by atoms with E-state index in [1.54, 1.807) is 11.8 Å². The van der Waals surface area contributed by atoms with Crippen molar-refractivity contribution in [3.05, 3.63) is 51.9 Å². The highest BCUT2D eigenvalue weighted by molar-refractivity contribution is 8.03. The Bertz CT molecular complexity index is 804. The summed E-state index contributed by atoms with van der Waals surface area (Å²) in [5.74, 6) is 1.40. The van der Waals surface area contributed by atoms with E-state index in [0.717, 1.165) is 60.6 Å². The van der Waals surface area contributed by atoms with E-state index < -0.39 is 6.10 Å². The van der Waals surface area contributed by atoms with Gasteiger partial charge in [-0.05, 0) is 69.8 Å². The van der Waals surface area contributed by atoms with Crippen LogP contribution in [0.5, 0.6) is 0 Å². The zero-order chi connectivity index (χ0) is 27.5. The van der Waals surface area contributed by atoms with Gasteiger partial charge >= 0.3 is 11.9 Å². The van der Waals surface area contributed by atoms with Crippen LogP contribution in [0, 0.1) is 11.1 Å². The molecule has 1 aliphatic rings. The lowest BCUT2D eigenvalue weighted by Crippen LogP contribution is -3.04. The first-order chi connectivity index (χ1) is 17.9. The van der Waals surface area contributed by atoms with Crippen LogP contribution in [0.3, 0.4) is 0 Å². The Balaban J connectivity index is 2.67. The standard InChI is InChI=1S/C29H47NO6S/c1-5-13-24(30(34)7-3)15-10-11-16-25(31)20-18-23-19-21-26(36-28(33)14-6-2)29(23)37-22-12-8-9-17-27(32)35-4/h10,13,15,18,20,23,25,30-31H,5-9,11-12,14,16-17,19,21-22H2,1-4H3/b15-10-,20-18+,24-13+/t23-,25?/m0/s1. The van der Waals surface area contributed by atoms with Gasteiger partial charge in [0.25, 0.3) is 0 Å². The molecule has 0 aromatic rings. The Morgan fingerprint density at radius 3 is 2.65 bits per heavy atom. The van der Waals surface area contributed by atoms with Crippen molar-refractivity contribution in [2.24, 2.45) is 5.92 Å². The molecule has 7 nitrogen and oxygen atoms in total. The van der Waals surface area contributed by atoms with Crippen molar-refractivity contribution < 1.29 is 29.2 Å². The molecule has 0 fully saturated rings. The lowest BCUT2D eigenvalue weighted by Gasteiger charge is -2.20. The van der Waals surface area contributed by atoms with E-state index in [2.05, 4.69) is 4.74 Å². The fraction of sp³-hybridized carbons (Fsp3) is 0.655. The predicted octanol–water partition coefficient (Wildman–Crippen LogP) is 5.37. The summed E-state index contributed by atoms with van der Waals surface area (Å²) in [7, 11) is 1.41. The number of hydrogen-bond donors (Lipinski definition) is 2. The normalized spacial score (nSPS) is 18.1. The molecular formula is C29H47NO6S. The molecule has 37 heavy (non-hydrogen) atoms. The predicted molar refractivity (Wildman–Crippen MR) is 150 cm³/mol. The van der Waals surface area contributed by atoms with Crippen LogP contribution in [0.2, 0.25) is 0 Å². The van der Waals surface area contributed by atoms with E-state index in [1.165, 1.54) is 7.11 Å². The summed E-state index contributed by atoms with van der Waals surface area (Å²) < 4.78 is 10.4. The van der Waals surface area contributed by atoms with Gasteiger partial charge in [-0.2, -0.15) is 0 Å². The van der Waals surface area contributed by atoms with Crippen LogP contribution in [0.25, 0.3) is 0 Å². The molecule has 210 valence electrons. The molecule has 2 unspecified atom stereocenters. The number of ether oxygens (including phenoxy) is 2. The molecule has 0 heterocycles. The second-order valence-corrected chi connectivity index (χ2v) is 10.3. The second-order valence-electron chi connectivity index (χ2n) is 9.17.